The first-order valence-electron chi connectivity index (χ1n) is 3.88. The molecule has 4 heteroatoms. The minimum atomic E-state index is -0.361. The van der Waals surface area contributed by atoms with Crippen LogP contribution in [0.4, 0.5) is 0 Å². The van der Waals surface area contributed by atoms with Crippen LogP contribution in [0.25, 0.3) is 0 Å². The van der Waals surface area contributed by atoms with Crippen molar-refractivity contribution in [2.24, 2.45) is 0 Å². The Hall–Kier alpha value is -1.71. The van der Waals surface area contributed by atoms with E-state index in [9.17, 15) is 14.4 Å². The summed E-state index contributed by atoms with van der Waals surface area (Å²) in [5.41, 5.74) is -0.361. The molecule has 0 saturated carbocycles. The number of Topliss-reactive ketones (excluding diaryl/α,β-unsaturated/α-hetero) is 2. The third-order valence-corrected chi connectivity index (χ3v) is 1.90. The monoisotopic (exact) mass is 178 g/mol. The maximum Gasteiger partial charge on any atom is 0.198 e. The van der Waals surface area contributed by atoms with Gasteiger partial charge < -0.3 is 4.42 Å². The Morgan fingerprint density at radius 3 is 1.85 bits per heavy atom. The van der Waals surface area contributed by atoms with E-state index in [0.29, 0.717) is 0 Å². The Kier molecular flexibility index (Phi) is 1.62. The van der Waals surface area contributed by atoms with E-state index in [2.05, 4.69) is 0 Å². The molecule has 2 rings (SSSR count). The van der Waals surface area contributed by atoms with Gasteiger partial charge in [-0.25, -0.2) is 0 Å². The summed E-state index contributed by atoms with van der Waals surface area (Å²) < 4.78 is 4.94. The molecule has 0 saturated heterocycles. The standard InChI is InChI=1S/C9H6O4/c10-5-3-8-6(11)1-2-7(12)9(4-5)13-8/h3-4H,1-2H2. The first-order valence-corrected chi connectivity index (χ1v) is 3.88. The zero-order valence-electron chi connectivity index (χ0n) is 6.70. The molecule has 0 fully saturated rings. The third kappa shape index (κ3) is 1.30. The summed E-state index contributed by atoms with van der Waals surface area (Å²) in [5, 5.41) is 0. The minimum absolute atomic E-state index is 0.00616. The van der Waals surface area contributed by atoms with E-state index >= 15 is 0 Å². The van der Waals surface area contributed by atoms with Crippen molar-refractivity contribution in [3.8, 4) is 0 Å². The minimum Gasteiger partial charge on any atom is -0.450 e. The van der Waals surface area contributed by atoms with Gasteiger partial charge in [0.1, 0.15) is 0 Å². The Labute approximate surface area is 73.2 Å². The molecule has 0 unspecified atom stereocenters. The van der Waals surface area contributed by atoms with Gasteiger partial charge in [-0.2, -0.15) is 0 Å². The van der Waals surface area contributed by atoms with Gasteiger partial charge in [-0.3, -0.25) is 14.4 Å². The Bertz CT molecular complexity index is 404. The SMILES string of the molecule is O=C1CCC(=O)c2cc(=O)cc1o2. The highest BCUT2D eigenvalue weighted by atomic mass is 16.4. The van der Waals surface area contributed by atoms with Crippen LogP contribution in [-0.2, 0) is 0 Å². The van der Waals surface area contributed by atoms with Crippen molar-refractivity contribution in [1.82, 2.24) is 0 Å². The smallest absolute Gasteiger partial charge is 0.198 e. The fourth-order valence-corrected chi connectivity index (χ4v) is 1.23. The maximum absolute atomic E-state index is 11.2. The van der Waals surface area contributed by atoms with Crippen LogP contribution in [0.15, 0.2) is 21.3 Å². The molecule has 0 atom stereocenters. The molecule has 2 heterocycles. The van der Waals surface area contributed by atoms with Crippen molar-refractivity contribution in [1.29, 1.82) is 0 Å². The maximum atomic E-state index is 11.2. The molecule has 4 nitrogen and oxygen atoms in total. The number of rotatable bonds is 0. The number of carbonyl (C=O) groups is 2. The van der Waals surface area contributed by atoms with Gasteiger partial charge in [0.25, 0.3) is 0 Å². The molecular weight excluding hydrogens is 172 g/mol. The average Bonchev–Trinajstić information content (AvgIpc) is 2.19. The van der Waals surface area contributed by atoms with Crippen LogP contribution >= 0.6 is 0 Å². The number of hydrogen-bond donors (Lipinski definition) is 0. The van der Waals surface area contributed by atoms with Crippen LogP contribution in [0.5, 0.6) is 0 Å². The molecule has 0 amide bonds. The van der Waals surface area contributed by atoms with Gasteiger partial charge in [0.15, 0.2) is 28.5 Å². The van der Waals surface area contributed by atoms with E-state index in [1.165, 1.54) is 0 Å². The van der Waals surface area contributed by atoms with Crippen molar-refractivity contribution < 1.29 is 14.0 Å². The van der Waals surface area contributed by atoms with E-state index in [1.807, 2.05) is 0 Å². The van der Waals surface area contributed by atoms with Crippen LogP contribution in [0.1, 0.15) is 34.0 Å². The van der Waals surface area contributed by atoms with Crippen LogP contribution in [0.3, 0.4) is 0 Å². The molecule has 1 aromatic rings. The molecular formula is C9H6O4. The number of carbonyl (C=O) groups excluding carboxylic acids is 2. The predicted octanol–water partition coefficient (Wildman–Crippen LogP) is 0.799. The van der Waals surface area contributed by atoms with Crippen LogP contribution in [0, 0.1) is 0 Å². The lowest BCUT2D eigenvalue weighted by Gasteiger charge is -1.93. The summed E-state index contributed by atoms with van der Waals surface area (Å²) in [5.74, 6) is -0.587. The van der Waals surface area contributed by atoms with Crippen molar-refractivity contribution in [2.75, 3.05) is 0 Å². The lowest BCUT2D eigenvalue weighted by atomic mass is 10.1. The summed E-state index contributed by atoms with van der Waals surface area (Å²) in [6.45, 7) is 0. The van der Waals surface area contributed by atoms with E-state index in [1.54, 1.807) is 0 Å². The summed E-state index contributed by atoms with van der Waals surface area (Å²) in [6, 6.07) is 2.23. The van der Waals surface area contributed by atoms with E-state index in [4.69, 9.17) is 4.42 Å². The normalized spacial score (nSPS) is 15.7. The van der Waals surface area contributed by atoms with E-state index in [0.717, 1.165) is 12.1 Å². The highest BCUT2D eigenvalue weighted by molar-refractivity contribution is 6.02. The molecule has 1 aliphatic heterocycles. The quantitative estimate of drug-likeness (QED) is 0.589. The second kappa shape index (κ2) is 2.65. The largest absolute Gasteiger partial charge is 0.450 e. The second-order valence-corrected chi connectivity index (χ2v) is 2.87. The highest BCUT2D eigenvalue weighted by Crippen LogP contribution is 2.14. The van der Waals surface area contributed by atoms with Gasteiger partial charge >= 0.3 is 0 Å². The van der Waals surface area contributed by atoms with Gasteiger partial charge in [-0.15, -0.1) is 0 Å². The van der Waals surface area contributed by atoms with Gasteiger partial charge in [0.2, 0.25) is 0 Å². The molecule has 0 aromatic carbocycles. The van der Waals surface area contributed by atoms with E-state index in [-0.39, 0.29) is 41.4 Å². The first kappa shape index (κ1) is 7.91. The van der Waals surface area contributed by atoms with Crippen LogP contribution < -0.4 is 5.43 Å². The van der Waals surface area contributed by atoms with Crippen molar-refractivity contribution in [3.63, 3.8) is 0 Å². The molecule has 0 spiro atoms. The number of ketones is 2. The first-order chi connectivity index (χ1) is 6.16. The molecule has 0 radical (unpaired) electrons. The van der Waals surface area contributed by atoms with E-state index < -0.39 is 0 Å². The van der Waals surface area contributed by atoms with Gasteiger partial charge in [0.05, 0.1) is 0 Å². The molecule has 2 bridgehead atoms. The summed E-state index contributed by atoms with van der Waals surface area (Å²) in [7, 11) is 0. The molecule has 13 heavy (non-hydrogen) atoms. The molecule has 66 valence electrons. The van der Waals surface area contributed by atoms with Crippen molar-refractivity contribution in [2.45, 2.75) is 12.8 Å². The Morgan fingerprint density at radius 1 is 0.923 bits per heavy atom. The fraction of sp³-hybridized carbons (Fsp3) is 0.222. The molecule has 0 aliphatic carbocycles. The van der Waals surface area contributed by atoms with Gasteiger partial charge in [-0.05, 0) is 0 Å². The summed E-state index contributed by atoms with van der Waals surface area (Å²) in [6.07, 6.45) is 0.241. The number of fused-ring (bicyclic) bond motifs is 2. The van der Waals surface area contributed by atoms with Crippen molar-refractivity contribution in [3.05, 3.63) is 33.9 Å². The predicted molar refractivity (Wildman–Crippen MR) is 42.9 cm³/mol. The average molecular weight is 178 g/mol. The summed E-state index contributed by atoms with van der Waals surface area (Å²) in [4.78, 5) is 33.4. The lowest BCUT2D eigenvalue weighted by molar-refractivity contribution is 0.0925. The zero-order valence-corrected chi connectivity index (χ0v) is 6.70. The third-order valence-electron chi connectivity index (χ3n) is 1.90. The molecule has 1 aromatic heterocycles. The van der Waals surface area contributed by atoms with Crippen molar-refractivity contribution >= 4 is 11.6 Å². The fourth-order valence-electron chi connectivity index (χ4n) is 1.23. The number of hydrogen-bond acceptors (Lipinski definition) is 4. The van der Waals surface area contributed by atoms with Gasteiger partial charge in [0, 0.05) is 25.0 Å². The second-order valence-electron chi connectivity index (χ2n) is 2.87. The zero-order chi connectivity index (χ0) is 9.42. The Morgan fingerprint density at radius 2 is 1.38 bits per heavy atom. The van der Waals surface area contributed by atoms with Gasteiger partial charge in [-0.1, -0.05) is 0 Å². The van der Waals surface area contributed by atoms with Crippen LogP contribution in [0.2, 0.25) is 0 Å². The lowest BCUT2D eigenvalue weighted by Crippen LogP contribution is -2.05. The highest BCUT2D eigenvalue weighted by Gasteiger charge is 2.21. The topological polar surface area (TPSA) is 64.3 Å². The summed E-state index contributed by atoms with van der Waals surface area (Å²) >= 11 is 0. The molecule has 0 N–H and O–H groups in total. The van der Waals surface area contributed by atoms with Crippen LogP contribution in [-0.4, -0.2) is 11.6 Å². The Balaban J connectivity index is 2.70. The molecule has 1 aliphatic rings.